The first-order valence-corrected chi connectivity index (χ1v) is 8.12. The summed E-state index contributed by atoms with van der Waals surface area (Å²) >= 11 is 0. The fraction of sp³-hybridized carbons (Fsp3) is 0.316. The number of amides is 2. The highest BCUT2D eigenvalue weighted by Crippen LogP contribution is 2.24. The lowest BCUT2D eigenvalue weighted by molar-refractivity contribution is 0.0914. The van der Waals surface area contributed by atoms with Gasteiger partial charge in [0.25, 0.3) is 11.8 Å². The Morgan fingerprint density at radius 1 is 1.12 bits per heavy atom. The van der Waals surface area contributed by atoms with E-state index in [2.05, 4.69) is 15.6 Å². The molecule has 0 fully saturated rings. The zero-order valence-electron chi connectivity index (χ0n) is 14.9. The summed E-state index contributed by atoms with van der Waals surface area (Å²) in [6.45, 7) is 8.02. The predicted octanol–water partition coefficient (Wildman–Crippen LogP) is 3.26. The van der Waals surface area contributed by atoms with E-state index < -0.39 is 0 Å². The molecule has 0 unspecified atom stereocenters. The second-order valence-electron chi connectivity index (χ2n) is 6.52. The molecule has 2 amide bonds. The monoisotopic (exact) mass is 341 g/mol. The molecule has 1 aromatic carbocycles. The maximum atomic E-state index is 12.5. The van der Waals surface area contributed by atoms with Crippen molar-refractivity contribution in [2.24, 2.45) is 0 Å². The van der Waals surface area contributed by atoms with Crippen molar-refractivity contribution >= 4 is 17.5 Å². The Bertz CT molecular complexity index is 767. The van der Waals surface area contributed by atoms with Crippen LogP contribution in [0, 0.1) is 0 Å². The minimum atomic E-state index is -0.381. The van der Waals surface area contributed by atoms with E-state index in [9.17, 15) is 9.59 Å². The third-order valence-corrected chi connectivity index (χ3v) is 3.18. The fourth-order valence-corrected chi connectivity index (χ4v) is 2.15. The van der Waals surface area contributed by atoms with E-state index in [-0.39, 0.29) is 23.0 Å². The number of ether oxygens (including phenoxy) is 1. The topological polar surface area (TPSA) is 80.3 Å². The summed E-state index contributed by atoms with van der Waals surface area (Å²) in [7, 11) is 0. The summed E-state index contributed by atoms with van der Waals surface area (Å²) in [6, 6.07) is 10.2. The highest BCUT2D eigenvalue weighted by molar-refractivity contribution is 6.06. The van der Waals surface area contributed by atoms with Gasteiger partial charge < -0.3 is 15.4 Å². The van der Waals surface area contributed by atoms with Crippen LogP contribution in [0.5, 0.6) is 5.75 Å². The number of carbonyl (C=O) groups excluding carboxylic acids is 2. The zero-order valence-corrected chi connectivity index (χ0v) is 14.9. The molecule has 1 aromatic heterocycles. The van der Waals surface area contributed by atoms with E-state index in [0.717, 1.165) is 0 Å². The van der Waals surface area contributed by atoms with Gasteiger partial charge in [-0.05, 0) is 52.0 Å². The van der Waals surface area contributed by atoms with E-state index in [1.54, 1.807) is 18.2 Å². The molecule has 2 rings (SSSR count). The van der Waals surface area contributed by atoms with Crippen molar-refractivity contribution in [1.82, 2.24) is 10.3 Å². The van der Waals surface area contributed by atoms with Gasteiger partial charge in [0.15, 0.2) is 0 Å². The van der Waals surface area contributed by atoms with Crippen LogP contribution in [0.2, 0.25) is 0 Å². The number of hydrogen-bond acceptors (Lipinski definition) is 4. The molecular weight excluding hydrogens is 318 g/mol. The van der Waals surface area contributed by atoms with E-state index in [0.29, 0.717) is 23.6 Å². The van der Waals surface area contributed by atoms with Crippen LogP contribution in [0.3, 0.4) is 0 Å². The standard InChI is InChI=1S/C19H23N3O3/c1-5-25-16-9-7-6-8-14(16)21-17(23)13-10-11-20-15(12-13)18(24)22-19(2,3)4/h6-12H,5H2,1-4H3,(H,21,23)(H,22,24). The van der Waals surface area contributed by atoms with Gasteiger partial charge in [-0.2, -0.15) is 0 Å². The van der Waals surface area contributed by atoms with Crippen LogP contribution >= 0.6 is 0 Å². The van der Waals surface area contributed by atoms with Crippen molar-refractivity contribution in [3.05, 3.63) is 53.9 Å². The van der Waals surface area contributed by atoms with Gasteiger partial charge in [0.05, 0.1) is 12.3 Å². The quantitative estimate of drug-likeness (QED) is 0.875. The number of hydrogen-bond donors (Lipinski definition) is 2. The van der Waals surface area contributed by atoms with Crippen LogP contribution in [0.4, 0.5) is 5.69 Å². The first-order chi connectivity index (χ1) is 11.8. The van der Waals surface area contributed by atoms with Gasteiger partial charge in [-0.1, -0.05) is 12.1 Å². The Kier molecular flexibility index (Phi) is 5.75. The maximum absolute atomic E-state index is 12.5. The Labute approximate surface area is 147 Å². The van der Waals surface area contributed by atoms with Gasteiger partial charge >= 0.3 is 0 Å². The largest absolute Gasteiger partial charge is 0.492 e. The van der Waals surface area contributed by atoms with E-state index in [1.165, 1.54) is 12.3 Å². The summed E-state index contributed by atoms with van der Waals surface area (Å²) in [5.74, 6) is -0.0608. The molecule has 0 aliphatic heterocycles. The smallest absolute Gasteiger partial charge is 0.270 e. The maximum Gasteiger partial charge on any atom is 0.270 e. The Morgan fingerprint density at radius 3 is 2.52 bits per heavy atom. The minimum absolute atomic E-state index is 0.195. The number of rotatable bonds is 5. The normalized spacial score (nSPS) is 10.9. The Hall–Kier alpha value is -2.89. The molecule has 0 saturated carbocycles. The molecule has 6 nitrogen and oxygen atoms in total. The third kappa shape index (κ3) is 5.31. The molecule has 0 aliphatic carbocycles. The number of benzene rings is 1. The minimum Gasteiger partial charge on any atom is -0.492 e. The fourth-order valence-electron chi connectivity index (χ4n) is 2.15. The molecule has 2 N–H and O–H groups in total. The van der Waals surface area contributed by atoms with E-state index >= 15 is 0 Å². The first-order valence-electron chi connectivity index (χ1n) is 8.12. The molecule has 132 valence electrons. The van der Waals surface area contributed by atoms with Crippen LogP contribution in [0.25, 0.3) is 0 Å². The number of para-hydroxylation sites is 2. The molecule has 6 heteroatoms. The van der Waals surface area contributed by atoms with Crippen LogP contribution in [-0.4, -0.2) is 28.9 Å². The van der Waals surface area contributed by atoms with Gasteiger partial charge in [0.1, 0.15) is 11.4 Å². The van der Waals surface area contributed by atoms with Crippen molar-refractivity contribution in [3.8, 4) is 5.75 Å². The molecular formula is C19H23N3O3. The summed E-state index contributed by atoms with van der Waals surface area (Å²) in [4.78, 5) is 28.8. The van der Waals surface area contributed by atoms with E-state index in [4.69, 9.17) is 4.74 Å². The number of carbonyl (C=O) groups is 2. The molecule has 0 radical (unpaired) electrons. The summed E-state index contributed by atoms with van der Waals surface area (Å²) < 4.78 is 5.50. The SMILES string of the molecule is CCOc1ccccc1NC(=O)c1ccnc(C(=O)NC(C)(C)C)c1. The molecule has 1 heterocycles. The molecule has 0 spiro atoms. The predicted molar refractivity (Wildman–Crippen MR) is 97.0 cm³/mol. The Balaban J connectivity index is 2.18. The van der Waals surface area contributed by atoms with Gasteiger partial charge in [-0.25, -0.2) is 0 Å². The van der Waals surface area contributed by atoms with Crippen molar-refractivity contribution in [2.45, 2.75) is 33.2 Å². The first kappa shape index (κ1) is 18.4. The lowest BCUT2D eigenvalue weighted by Crippen LogP contribution is -2.41. The second kappa shape index (κ2) is 7.79. The van der Waals surface area contributed by atoms with Crippen LogP contribution in [0.15, 0.2) is 42.6 Å². The van der Waals surface area contributed by atoms with Gasteiger partial charge in [0, 0.05) is 17.3 Å². The highest BCUT2D eigenvalue weighted by Gasteiger charge is 2.18. The number of nitrogens with zero attached hydrogens (tertiary/aromatic N) is 1. The molecule has 0 aliphatic rings. The van der Waals surface area contributed by atoms with Gasteiger partial charge in [-0.15, -0.1) is 0 Å². The number of aromatic nitrogens is 1. The van der Waals surface area contributed by atoms with Crippen molar-refractivity contribution < 1.29 is 14.3 Å². The number of nitrogens with one attached hydrogen (secondary N) is 2. The van der Waals surface area contributed by atoms with Gasteiger partial charge in [0.2, 0.25) is 0 Å². The van der Waals surface area contributed by atoms with Crippen LogP contribution in [-0.2, 0) is 0 Å². The molecule has 0 saturated heterocycles. The van der Waals surface area contributed by atoms with E-state index in [1.807, 2.05) is 39.8 Å². The Morgan fingerprint density at radius 2 is 1.84 bits per heavy atom. The lowest BCUT2D eigenvalue weighted by Gasteiger charge is -2.20. The number of anilines is 1. The molecule has 2 aromatic rings. The summed E-state index contributed by atoms with van der Waals surface area (Å²) in [6.07, 6.45) is 1.45. The average Bonchev–Trinajstić information content (AvgIpc) is 2.55. The zero-order chi connectivity index (χ0) is 18.4. The van der Waals surface area contributed by atoms with Gasteiger partial charge in [-0.3, -0.25) is 14.6 Å². The average molecular weight is 341 g/mol. The van der Waals surface area contributed by atoms with Crippen molar-refractivity contribution in [2.75, 3.05) is 11.9 Å². The third-order valence-electron chi connectivity index (χ3n) is 3.18. The lowest BCUT2D eigenvalue weighted by atomic mass is 10.1. The number of pyridine rings is 1. The van der Waals surface area contributed by atoms with Crippen LogP contribution in [0.1, 0.15) is 48.5 Å². The summed E-state index contributed by atoms with van der Waals surface area (Å²) in [5.41, 5.74) is 0.737. The summed E-state index contributed by atoms with van der Waals surface area (Å²) in [5, 5.41) is 5.63. The second-order valence-corrected chi connectivity index (χ2v) is 6.52. The molecule has 0 atom stereocenters. The highest BCUT2D eigenvalue weighted by atomic mass is 16.5. The molecule has 25 heavy (non-hydrogen) atoms. The van der Waals surface area contributed by atoms with Crippen molar-refractivity contribution in [3.63, 3.8) is 0 Å². The molecule has 0 bridgehead atoms. The van der Waals surface area contributed by atoms with Crippen molar-refractivity contribution in [1.29, 1.82) is 0 Å². The van der Waals surface area contributed by atoms with Crippen LogP contribution < -0.4 is 15.4 Å².